The van der Waals surface area contributed by atoms with E-state index in [4.69, 9.17) is 0 Å². The molecule has 0 saturated carbocycles. The van der Waals surface area contributed by atoms with Gasteiger partial charge < -0.3 is 4.90 Å². The summed E-state index contributed by atoms with van der Waals surface area (Å²) < 4.78 is 14.0. The minimum Gasteiger partial charge on any atom is -0.320 e. The number of rotatable bonds is 5. The van der Waals surface area contributed by atoms with Crippen molar-refractivity contribution in [3.8, 4) is 0 Å². The summed E-state index contributed by atoms with van der Waals surface area (Å²) in [6, 6.07) is 6.45. The number of nitrogens with zero attached hydrogens (tertiary/aromatic N) is 1. The van der Waals surface area contributed by atoms with Crippen molar-refractivity contribution in [1.29, 1.82) is 0 Å². The highest BCUT2D eigenvalue weighted by molar-refractivity contribution is 7.99. The van der Waals surface area contributed by atoms with Crippen molar-refractivity contribution in [2.24, 2.45) is 0 Å². The Kier molecular flexibility index (Phi) is 5.05. The van der Waals surface area contributed by atoms with Gasteiger partial charge >= 0.3 is 0 Å². The summed E-state index contributed by atoms with van der Waals surface area (Å²) in [5.74, 6) is -0.196. The average molecular weight is 296 g/mol. The van der Waals surface area contributed by atoms with Crippen LogP contribution >= 0.6 is 11.8 Å². The Labute approximate surface area is 123 Å². The summed E-state index contributed by atoms with van der Waals surface area (Å²) in [4.78, 5) is 14.2. The molecule has 3 atom stereocenters. The molecule has 110 valence electrons. The smallest absolute Gasteiger partial charge is 0.241 e. The monoisotopic (exact) mass is 296 g/mol. The SMILES string of the molecule is CCC1NC(c2ccccc2F)N(CC(C)SC)C1=O. The average Bonchev–Trinajstić information content (AvgIpc) is 2.76. The molecule has 1 N–H and O–H groups in total. The van der Waals surface area contributed by atoms with E-state index in [1.165, 1.54) is 6.07 Å². The lowest BCUT2D eigenvalue weighted by atomic mass is 10.1. The minimum absolute atomic E-state index is 0.0710. The van der Waals surface area contributed by atoms with E-state index in [1.54, 1.807) is 34.9 Å². The number of carbonyl (C=O) groups excluding carboxylic acids is 1. The molecular weight excluding hydrogens is 275 g/mol. The van der Waals surface area contributed by atoms with E-state index < -0.39 is 0 Å². The predicted molar refractivity (Wildman–Crippen MR) is 81.0 cm³/mol. The van der Waals surface area contributed by atoms with Crippen LogP contribution < -0.4 is 5.32 Å². The van der Waals surface area contributed by atoms with Gasteiger partial charge in [-0.2, -0.15) is 11.8 Å². The molecule has 1 heterocycles. The van der Waals surface area contributed by atoms with Crippen molar-refractivity contribution in [1.82, 2.24) is 10.2 Å². The maximum Gasteiger partial charge on any atom is 0.241 e. The van der Waals surface area contributed by atoms with E-state index in [0.29, 0.717) is 23.8 Å². The second-order valence-electron chi connectivity index (χ2n) is 5.09. The number of halogens is 1. The largest absolute Gasteiger partial charge is 0.320 e. The lowest BCUT2D eigenvalue weighted by molar-refractivity contribution is -0.130. The van der Waals surface area contributed by atoms with Gasteiger partial charge in [0.1, 0.15) is 12.0 Å². The number of hydrogen-bond donors (Lipinski definition) is 1. The van der Waals surface area contributed by atoms with Crippen molar-refractivity contribution < 1.29 is 9.18 Å². The highest BCUT2D eigenvalue weighted by Gasteiger charge is 2.39. The molecular formula is C15H21FN2OS. The van der Waals surface area contributed by atoms with Crippen molar-refractivity contribution in [2.45, 2.75) is 37.7 Å². The Morgan fingerprint density at radius 2 is 2.15 bits per heavy atom. The van der Waals surface area contributed by atoms with Crippen LogP contribution in [-0.2, 0) is 4.79 Å². The Morgan fingerprint density at radius 1 is 1.45 bits per heavy atom. The summed E-state index contributed by atoms with van der Waals surface area (Å²) in [5, 5.41) is 3.58. The molecule has 1 saturated heterocycles. The van der Waals surface area contributed by atoms with Crippen molar-refractivity contribution >= 4 is 17.7 Å². The van der Waals surface area contributed by atoms with E-state index in [-0.39, 0.29) is 23.9 Å². The number of carbonyl (C=O) groups is 1. The standard InChI is InChI=1S/C15H21FN2OS/c1-4-13-15(19)18(9-10(2)20-3)14(17-13)11-7-5-6-8-12(11)16/h5-8,10,13-14,17H,4,9H2,1-3H3. The van der Waals surface area contributed by atoms with Crippen LogP contribution in [-0.4, -0.2) is 34.9 Å². The summed E-state index contributed by atoms with van der Waals surface area (Å²) in [5.41, 5.74) is 0.546. The topological polar surface area (TPSA) is 32.3 Å². The quantitative estimate of drug-likeness (QED) is 0.907. The highest BCUT2D eigenvalue weighted by atomic mass is 32.2. The first-order valence-electron chi connectivity index (χ1n) is 6.92. The molecule has 2 rings (SSSR count). The van der Waals surface area contributed by atoms with Crippen LogP contribution in [0.4, 0.5) is 4.39 Å². The summed E-state index contributed by atoms with van der Waals surface area (Å²) >= 11 is 1.71. The van der Waals surface area contributed by atoms with Gasteiger partial charge in [-0.05, 0) is 18.7 Å². The van der Waals surface area contributed by atoms with Crippen LogP contribution in [0.2, 0.25) is 0 Å². The van der Waals surface area contributed by atoms with Gasteiger partial charge in [-0.3, -0.25) is 10.1 Å². The number of thioether (sulfide) groups is 1. The molecule has 1 aliphatic heterocycles. The molecule has 1 amide bonds. The zero-order valence-electron chi connectivity index (χ0n) is 12.1. The van der Waals surface area contributed by atoms with Crippen molar-refractivity contribution in [2.75, 3.05) is 12.8 Å². The Balaban J connectivity index is 2.29. The molecule has 1 aromatic rings. The number of amides is 1. The first-order valence-corrected chi connectivity index (χ1v) is 8.21. The third-order valence-corrected chi connectivity index (χ3v) is 4.67. The first kappa shape index (κ1) is 15.3. The van der Waals surface area contributed by atoms with Gasteiger partial charge in [0.25, 0.3) is 0 Å². The van der Waals surface area contributed by atoms with Crippen LogP contribution in [0.3, 0.4) is 0 Å². The summed E-state index contributed by atoms with van der Waals surface area (Å²) in [7, 11) is 0. The molecule has 3 unspecified atom stereocenters. The van der Waals surface area contributed by atoms with Gasteiger partial charge in [0.05, 0.1) is 6.04 Å². The second-order valence-corrected chi connectivity index (χ2v) is 6.36. The second kappa shape index (κ2) is 6.59. The fraction of sp³-hybridized carbons (Fsp3) is 0.533. The minimum atomic E-state index is -0.358. The van der Waals surface area contributed by atoms with Gasteiger partial charge in [-0.15, -0.1) is 0 Å². The first-order chi connectivity index (χ1) is 9.58. The summed E-state index contributed by atoms with van der Waals surface area (Å²) in [6.45, 7) is 4.67. The summed E-state index contributed by atoms with van der Waals surface area (Å²) in [6.07, 6.45) is 2.38. The molecule has 5 heteroatoms. The molecule has 1 aliphatic rings. The van der Waals surface area contributed by atoms with Crippen molar-refractivity contribution in [3.05, 3.63) is 35.6 Å². The maximum atomic E-state index is 14.0. The van der Waals surface area contributed by atoms with E-state index in [0.717, 1.165) is 0 Å². The zero-order valence-corrected chi connectivity index (χ0v) is 12.9. The van der Waals surface area contributed by atoms with Crippen molar-refractivity contribution in [3.63, 3.8) is 0 Å². The highest BCUT2D eigenvalue weighted by Crippen LogP contribution is 2.29. The third-order valence-electron chi connectivity index (χ3n) is 3.72. The normalized spacial score (nSPS) is 24.2. The Bertz CT molecular complexity index is 483. The van der Waals surface area contributed by atoms with Gasteiger partial charge in [0.15, 0.2) is 0 Å². The van der Waals surface area contributed by atoms with E-state index >= 15 is 0 Å². The molecule has 0 bridgehead atoms. The van der Waals surface area contributed by atoms with Gasteiger partial charge in [0.2, 0.25) is 5.91 Å². The van der Waals surface area contributed by atoms with Crippen LogP contribution in [0.1, 0.15) is 32.0 Å². The van der Waals surface area contributed by atoms with Gasteiger partial charge in [-0.25, -0.2) is 4.39 Å². The maximum absolute atomic E-state index is 14.0. The number of hydrogen-bond acceptors (Lipinski definition) is 3. The molecule has 0 spiro atoms. The predicted octanol–water partition coefficient (Wildman–Crippen LogP) is 2.79. The molecule has 0 aromatic heterocycles. The molecule has 0 radical (unpaired) electrons. The molecule has 3 nitrogen and oxygen atoms in total. The third kappa shape index (κ3) is 2.99. The lowest BCUT2D eigenvalue weighted by Crippen LogP contribution is -2.35. The van der Waals surface area contributed by atoms with Crippen LogP contribution in [0.15, 0.2) is 24.3 Å². The zero-order chi connectivity index (χ0) is 14.7. The van der Waals surface area contributed by atoms with E-state index in [2.05, 4.69) is 12.2 Å². The molecule has 1 fully saturated rings. The van der Waals surface area contributed by atoms with E-state index in [1.807, 2.05) is 13.2 Å². The Hall–Kier alpha value is -1.07. The van der Waals surface area contributed by atoms with Crippen LogP contribution in [0.5, 0.6) is 0 Å². The fourth-order valence-corrected chi connectivity index (χ4v) is 2.78. The fourth-order valence-electron chi connectivity index (χ4n) is 2.47. The van der Waals surface area contributed by atoms with E-state index in [9.17, 15) is 9.18 Å². The molecule has 20 heavy (non-hydrogen) atoms. The number of benzene rings is 1. The van der Waals surface area contributed by atoms with Gasteiger partial charge in [0, 0.05) is 17.4 Å². The van der Waals surface area contributed by atoms with Crippen LogP contribution in [0.25, 0.3) is 0 Å². The van der Waals surface area contributed by atoms with Crippen LogP contribution in [0, 0.1) is 5.82 Å². The van der Waals surface area contributed by atoms with Gasteiger partial charge in [-0.1, -0.05) is 32.0 Å². The molecule has 0 aliphatic carbocycles. The number of nitrogens with one attached hydrogen (secondary N) is 1. The molecule has 1 aromatic carbocycles. The lowest BCUT2D eigenvalue weighted by Gasteiger charge is -2.27. The Morgan fingerprint density at radius 3 is 2.75 bits per heavy atom.